The van der Waals surface area contributed by atoms with Gasteiger partial charge < -0.3 is 15.8 Å². The molecule has 0 radical (unpaired) electrons. The van der Waals surface area contributed by atoms with E-state index in [1.165, 1.54) is 0 Å². The maximum Gasteiger partial charge on any atom is 0.128 e. The van der Waals surface area contributed by atoms with Crippen LogP contribution in [0.15, 0.2) is 18.3 Å². The Balaban J connectivity index is 2.25. The van der Waals surface area contributed by atoms with E-state index in [9.17, 15) is 0 Å². The minimum Gasteiger partial charge on any atom is -0.399 e. The van der Waals surface area contributed by atoms with Crippen LogP contribution in [0.5, 0.6) is 0 Å². The van der Waals surface area contributed by atoms with Gasteiger partial charge in [-0.3, -0.25) is 0 Å². The van der Waals surface area contributed by atoms with Crippen LogP contribution in [0.25, 0.3) is 0 Å². The second-order valence-corrected chi connectivity index (χ2v) is 3.32. The van der Waals surface area contributed by atoms with Crippen LogP contribution < -0.4 is 11.1 Å². The normalized spacial score (nSPS) is 10.5. The lowest BCUT2D eigenvalue weighted by atomic mass is 10.4. The molecule has 0 aromatic carbocycles. The number of ether oxygens (including phenoxy) is 1. The largest absolute Gasteiger partial charge is 0.399 e. The molecule has 0 saturated carbocycles. The predicted octanol–water partition coefficient (Wildman–Crippen LogP) is 1.50. The average Bonchev–Trinajstić information content (AvgIpc) is 2.12. The van der Waals surface area contributed by atoms with Gasteiger partial charge in [0.1, 0.15) is 5.82 Å². The summed E-state index contributed by atoms with van der Waals surface area (Å²) >= 11 is 0. The van der Waals surface area contributed by atoms with E-state index in [1.54, 1.807) is 18.3 Å². The standard InChI is InChI=1S/C10H17N3O/c1-8(2)14-6-5-13-10-7-9(11)3-4-12-10/h3-4,7-8H,5-6H2,1-2H3,(H3,11,12,13). The van der Waals surface area contributed by atoms with Crippen LogP contribution in [-0.4, -0.2) is 24.2 Å². The Hall–Kier alpha value is -1.29. The summed E-state index contributed by atoms with van der Waals surface area (Å²) in [5, 5.41) is 3.12. The number of nitrogen functional groups attached to an aromatic ring is 1. The first-order valence-electron chi connectivity index (χ1n) is 4.75. The van der Waals surface area contributed by atoms with Crippen molar-refractivity contribution >= 4 is 11.5 Å². The summed E-state index contributed by atoms with van der Waals surface area (Å²) in [6.45, 7) is 5.44. The van der Waals surface area contributed by atoms with E-state index in [4.69, 9.17) is 10.5 Å². The first-order valence-corrected chi connectivity index (χ1v) is 4.75. The Labute approximate surface area is 84.5 Å². The van der Waals surface area contributed by atoms with Gasteiger partial charge >= 0.3 is 0 Å². The van der Waals surface area contributed by atoms with Gasteiger partial charge in [0, 0.05) is 24.5 Å². The van der Waals surface area contributed by atoms with Crippen LogP contribution >= 0.6 is 0 Å². The maximum absolute atomic E-state index is 5.60. The van der Waals surface area contributed by atoms with Gasteiger partial charge in [0.2, 0.25) is 0 Å². The molecule has 0 aliphatic carbocycles. The fraction of sp³-hybridized carbons (Fsp3) is 0.500. The molecule has 1 aromatic heterocycles. The zero-order valence-electron chi connectivity index (χ0n) is 8.66. The molecule has 14 heavy (non-hydrogen) atoms. The molecule has 0 spiro atoms. The summed E-state index contributed by atoms with van der Waals surface area (Å²) < 4.78 is 5.37. The molecule has 1 heterocycles. The number of nitrogens with one attached hydrogen (secondary N) is 1. The molecule has 0 atom stereocenters. The molecule has 1 aromatic rings. The lowest BCUT2D eigenvalue weighted by Gasteiger charge is -2.08. The summed E-state index contributed by atoms with van der Waals surface area (Å²) in [6, 6.07) is 3.56. The van der Waals surface area contributed by atoms with Crippen molar-refractivity contribution in [1.29, 1.82) is 0 Å². The quantitative estimate of drug-likeness (QED) is 0.699. The van der Waals surface area contributed by atoms with Crippen LogP contribution in [0.4, 0.5) is 11.5 Å². The maximum atomic E-state index is 5.60. The molecule has 3 N–H and O–H groups in total. The number of nitrogens with zero attached hydrogens (tertiary/aromatic N) is 1. The Morgan fingerprint density at radius 2 is 2.36 bits per heavy atom. The Bertz CT molecular complexity index is 276. The van der Waals surface area contributed by atoms with Crippen LogP contribution in [0.2, 0.25) is 0 Å². The van der Waals surface area contributed by atoms with Crippen molar-refractivity contribution in [2.45, 2.75) is 20.0 Å². The van der Waals surface area contributed by atoms with E-state index in [0.717, 1.165) is 12.4 Å². The number of hydrogen-bond acceptors (Lipinski definition) is 4. The van der Waals surface area contributed by atoms with Gasteiger partial charge in [-0.1, -0.05) is 0 Å². The molecule has 0 saturated heterocycles. The van der Waals surface area contributed by atoms with Crippen LogP contribution in [-0.2, 0) is 4.74 Å². The monoisotopic (exact) mass is 195 g/mol. The minimum atomic E-state index is 0.269. The average molecular weight is 195 g/mol. The van der Waals surface area contributed by atoms with Gasteiger partial charge in [-0.05, 0) is 19.9 Å². The second-order valence-electron chi connectivity index (χ2n) is 3.32. The summed E-state index contributed by atoms with van der Waals surface area (Å²) in [5.41, 5.74) is 6.31. The Kier molecular flexibility index (Phi) is 4.19. The lowest BCUT2D eigenvalue weighted by molar-refractivity contribution is 0.0870. The van der Waals surface area contributed by atoms with E-state index in [1.807, 2.05) is 13.8 Å². The summed E-state index contributed by atoms with van der Waals surface area (Å²) in [4.78, 5) is 4.11. The van der Waals surface area contributed by atoms with Gasteiger partial charge in [-0.15, -0.1) is 0 Å². The molecule has 1 rings (SSSR count). The van der Waals surface area contributed by atoms with Crippen molar-refractivity contribution < 1.29 is 4.74 Å². The minimum absolute atomic E-state index is 0.269. The molecule has 0 unspecified atom stereocenters. The third-order valence-electron chi connectivity index (χ3n) is 1.64. The molecule has 4 nitrogen and oxygen atoms in total. The van der Waals surface area contributed by atoms with E-state index in [0.29, 0.717) is 12.3 Å². The molecule has 0 bridgehead atoms. The summed E-state index contributed by atoms with van der Waals surface area (Å²) in [5.74, 6) is 0.789. The highest BCUT2D eigenvalue weighted by atomic mass is 16.5. The van der Waals surface area contributed by atoms with Crippen LogP contribution in [0, 0.1) is 0 Å². The zero-order chi connectivity index (χ0) is 10.4. The first-order chi connectivity index (χ1) is 6.68. The number of hydrogen-bond donors (Lipinski definition) is 2. The van der Waals surface area contributed by atoms with Crippen LogP contribution in [0.3, 0.4) is 0 Å². The van der Waals surface area contributed by atoms with Gasteiger partial charge in [0.05, 0.1) is 12.7 Å². The van der Waals surface area contributed by atoms with Crippen molar-refractivity contribution in [3.63, 3.8) is 0 Å². The molecule has 0 aliphatic rings. The molecular formula is C10H17N3O. The topological polar surface area (TPSA) is 60.2 Å². The van der Waals surface area contributed by atoms with Crippen LogP contribution in [0.1, 0.15) is 13.8 Å². The van der Waals surface area contributed by atoms with Gasteiger partial charge in [-0.25, -0.2) is 4.98 Å². The highest BCUT2D eigenvalue weighted by Gasteiger charge is 1.95. The van der Waals surface area contributed by atoms with E-state index < -0.39 is 0 Å². The van der Waals surface area contributed by atoms with Crippen molar-refractivity contribution in [3.05, 3.63) is 18.3 Å². The predicted molar refractivity (Wildman–Crippen MR) is 58.2 cm³/mol. The SMILES string of the molecule is CC(C)OCCNc1cc(N)ccn1. The third-order valence-corrected chi connectivity index (χ3v) is 1.64. The van der Waals surface area contributed by atoms with E-state index in [2.05, 4.69) is 10.3 Å². The number of pyridine rings is 1. The van der Waals surface area contributed by atoms with Crippen molar-refractivity contribution in [2.75, 3.05) is 24.2 Å². The smallest absolute Gasteiger partial charge is 0.128 e. The van der Waals surface area contributed by atoms with Gasteiger partial charge in [0.15, 0.2) is 0 Å². The highest BCUT2D eigenvalue weighted by molar-refractivity contribution is 5.48. The number of rotatable bonds is 5. The van der Waals surface area contributed by atoms with Crippen molar-refractivity contribution in [3.8, 4) is 0 Å². The fourth-order valence-electron chi connectivity index (χ4n) is 1.02. The van der Waals surface area contributed by atoms with E-state index >= 15 is 0 Å². The lowest BCUT2D eigenvalue weighted by Crippen LogP contribution is -2.13. The molecule has 78 valence electrons. The second kappa shape index (κ2) is 5.44. The van der Waals surface area contributed by atoms with Gasteiger partial charge in [-0.2, -0.15) is 0 Å². The van der Waals surface area contributed by atoms with E-state index in [-0.39, 0.29) is 6.10 Å². The zero-order valence-corrected chi connectivity index (χ0v) is 8.66. The number of aromatic nitrogens is 1. The third kappa shape index (κ3) is 4.09. The van der Waals surface area contributed by atoms with Gasteiger partial charge in [0.25, 0.3) is 0 Å². The van der Waals surface area contributed by atoms with Crippen molar-refractivity contribution in [2.24, 2.45) is 0 Å². The fourth-order valence-corrected chi connectivity index (χ4v) is 1.02. The number of nitrogens with two attached hydrogens (primary N) is 1. The Morgan fingerprint density at radius 1 is 1.57 bits per heavy atom. The summed E-state index contributed by atoms with van der Waals surface area (Å²) in [7, 11) is 0. The number of anilines is 2. The summed E-state index contributed by atoms with van der Waals surface area (Å²) in [6.07, 6.45) is 1.95. The first kappa shape index (κ1) is 10.8. The highest BCUT2D eigenvalue weighted by Crippen LogP contribution is 2.06. The Morgan fingerprint density at radius 3 is 3.00 bits per heavy atom. The molecule has 4 heteroatoms. The molecule has 0 fully saturated rings. The molecular weight excluding hydrogens is 178 g/mol. The molecule has 0 aliphatic heterocycles. The van der Waals surface area contributed by atoms with Crippen molar-refractivity contribution in [1.82, 2.24) is 4.98 Å². The molecule has 0 amide bonds.